The molecule has 0 aliphatic carbocycles. The second kappa shape index (κ2) is 17.8. The van der Waals surface area contributed by atoms with Gasteiger partial charge in [0.05, 0.1) is 0 Å². The van der Waals surface area contributed by atoms with E-state index in [1.165, 1.54) is 0 Å². The van der Waals surface area contributed by atoms with Gasteiger partial charge in [0.1, 0.15) is 0 Å². The molecule has 0 saturated heterocycles. The second-order valence-corrected chi connectivity index (χ2v) is 16.1. The van der Waals surface area contributed by atoms with Crippen LogP contribution < -0.4 is 18.4 Å². The van der Waals surface area contributed by atoms with Crippen molar-refractivity contribution < 1.29 is 27.1 Å². The summed E-state index contributed by atoms with van der Waals surface area (Å²) in [6.07, 6.45) is 0. The first-order valence-corrected chi connectivity index (χ1v) is 18.2. The second-order valence-electron chi connectivity index (χ2n) is 10.7. The van der Waals surface area contributed by atoms with Gasteiger partial charge in [-0.3, -0.25) is 0 Å². The molecular formula is C30H45N2O6P3. The first-order chi connectivity index (χ1) is 19.7. The number of hydrogen-bond donors (Lipinski definition) is 1. The van der Waals surface area contributed by atoms with Crippen molar-refractivity contribution in [3.8, 4) is 17.2 Å². The summed E-state index contributed by atoms with van der Waals surface area (Å²) in [6, 6.07) is 28.7. The molecule has 3 aromatic carbocycles. The predicted molar refractivity (Wildman–Crippen MR) is 173 cm³/mol. The number of nitrogens with zero attached hydrogens (tertiary/aromatic N) is 1. The Balaban J connectivity index is 2.08. The molecule has 1 N–H and O–H groups in total. The Hall–Kier alpha value is -2.01. The third kappa shape index (κ3) is 13.2. The molecule has 226 valence electrons. The van der Waals surface area contributed by atoms with Crippen LogP contribution >= 0.6 is 24.7 Å². The molecule has 0 spiro atoms. The van der Waals surface area contributed by atoms with Gasteiger partial charge >= 0.3 is 249 Å². The van der Waals surface area contributed by atoms with Crippen LogP contribution in [-0.2, 0) is 13.6 Å². The number of para-hydroxylation sites is 3. The zero-order valence-electron chi connectivity index (χ0n) is 24.9. The van der Waals surface area contributed by atoms with Gasteiger partial charge in [-0.1, -0.05) is 0 Å². The Labute approximate surface area is 248 Å². The van der Waals surface area contributed by atoms with E-state index in [0.717, 1.165) is 0 Å². The van der Waals surface area contributed by atoms with E-state index < -0.39 is 24.7 Å². The van der Waals surface area contributed by atoms with Gasteiger partial charge in [-0.2, -0.15) is 0 Å². The summed E-state index contributed by atoms with van der Waals surface area (Å²) in [4.78, 5) is 3.49. The van der Waals surface area contributed by atoms with E-state index in [1.807, 2.05) is 91.0 Å². The van der Waals surface area contributed by atoms with Gasteiger partial charge in [-0.05, 0) is 0 Å². The molecule has 0 bridgehead atoms. The van der Waals surface area contributed by atoms with Crippen LogP contribution in [-0.4, -0.2) is 19.8 Å². The summed E-state index contributed by atoms with van der Waals surface area (Å²) < 4.78 is 43.7. The minimum atomic E-state index is -3.73. The Morgan fingerprint density at radius 3 is 1.73 bits per heavy atom. The van der Waals surface area contributed by atoms with Gasteiger partial charge < -0.3 is 0 Å². The molecule has 41 heavy (non-hydrogen) atoms. The van der Waals surface area contributed by atoms with E-state index in [0.29, 0.717) is 37.1 Å². The monoisotopic (exact) mass is 622 g/mol. The van der Waals surface area contributed by atoms with Crippen molar-refractivity contribution in [1.29, 1.82) is 0 Å². The van der Waals surface area contributed by atoms with E-state index in [2.05, 4.69) is 46.4 Å². The number of nitrogens with one attached hydrogen (secondary N) is 1. The van der Waals surface area contributed by atoms with E-state index >= 15 is 0 Å². The van der Waals surface area contributed by atoms with Crippen molar-refractivity contribution in [2.75, 3.05) is 19.8 Å². The van der Waals surface area contributed by atoms with Crippen LogP contribution in [0, 0.1) is 17.8 Å². The molecule has 0 aliphatic heterocycles. The average Bonchev–Trinajstić information content (AvgIpc) is 2.95. The van der Waals surface area contributed by atoms with Crippen molar-refractivity contribution in [3.63, 3.8) is 0 Å². The first kappa shape index (κ1) is 33.5. The van der Waals surface area contributed by atoms with Crippen LogP contribution in [0.4, 0.5) is 0 Å². The van der Waals surface area contributed by atoms with Crippen molar-refractivity contribution in [3.05, 3.63) is 91.0 Å². The van der Waals surface area contributed by atoms with Crippen LogP contribution in [0.15, 0.2) is 95.5 Å². The number of hydrogen-bond acceptors (Lipinski definition) is 8. The maximum absolute atomic E-state index is 6.66. The van der Waals surface area contributed by atoms with Crippen LogP contribution in [0.3, 0.4) is 0 Å². The number of rotatable bonds is 18. The third-order valence-electron chi connectivity index (χ3n) is 5.03. The molecule has 8 nitrogen and oxygen atoms in total. The van der Waals surface area contributed by atoms with Crippen LogP contribution in [0.2, 0.25) is 0 Å². The SMILES string of the molecule is CC(C)COP(N[PH](N=[PH](OCC(C)C)Oc1ccccc1)(OCC(C)C)Oc1ccccc1)Oc1ccccc1. The van der Waals surface area contributed by atoms with Crippen LogP contribution in [0.5, 0.6) is 17.2 Å². The van der Waals surface area contributed by atoms with Crippen molar-refractivity contribution in [1.82, 2.24) is 4.86 Å². The van der Waals surface area contributed by atoms with E-state index in [1.54, 1.807) is 0 Å². The van der Waals surface area contributed by atoms with Crippen molar-refractivity contribution in [2.24, 2.45) is 22.3 Å². The van der Waals surface area contributed by atoms with E-state index in [4.69, 9.17) is 31.7 Å². The quantitative estimate of drug-likeness (QED) is 0.142. The van der Waals surface area contributed by atoms with Crippen LogP contribution in [0.25, 0.3) is 0 Å². The zero-order valence-corrected chi connectivity index (χ0v) is 27.8. The molecule has 0 aliphatic rings. The third-order valence-corrected chi connectivity index (χ3v) is 11.5. The van der Waals surface area contributed by atoms with Gasteiger partial charge in [0, 0.05) is 0 Å². The molecule has 11 heteroatoms. The summed E-state index contributed by atoms with van der Waals surface area (Å²) in [6.45, 7) is 13.9. The van der Waals surface area contributed by atoms with Gasteiger partial charge in [-0.25, -0.2) is 0 Å². The Kier molecular flexibility index (Phi) is 14.6. The molecule has 0 radical (unpaired) electrons. The molecule has 3 aromatic rings. The Morgan fingerprint density at radius 1 is 0.683 bits per heavy atom. The molecular weight excluding hydrogens is 577 g/mol. The maximum atomic E-state index is 6.66. The molecule has 0 saturated carbocycles. The van der Waals surface area contributed by atoms with Crippen LogP contribution in [0.1, 0.15) is 41.5 Å². The Morgan fingerprint density at radius 2 is 1.20 bits per heavy atom. The van der Waals surface area contributed by atoms with Gasteiger partial charge in [0.25, 0.3) is 0 Å². The summed E-state index contributed by atoms with van der Waals surface area (Å²) >= 11 is 0. The summed E-state index contributed by atoms with van der Waals surface area (Å²) in [7, 11) is -7.74. The van der Waals surface area contributed by atoms with Gasteiger partial charge in [0.2, 0.25) is 0 Å². The fraction of sp³-hybridized carbons (Fsp3) is 0.400. The molecule has 0 aromatic heterocycles. The minimum absolute atomic E-state index is 0.221. The fourth-order valence-electron chi connectivity index (χ4n) is 3.12. The topological polar surface area (TPSA) is 79.8 Å². The van der Waals surface area contributed by atoms with Crippen molar-refractivity contribution >= 4 is 24.7 Å². The normalized spacial score (nSPS) is 13.9. The zero-order chi connectivity index (χ0) is 29.5. The van der Waals surface area contributed by atoms with Gasteiger partial charge in [-0.15, -0.1) is 0 Å². The summed E-state index contributed by atoms with van der Waals surface area (Å²) in [5.41, 5.74) is 0. The standard InChI is InChI=1S/C30H45N2O6P3/c1-25(2)22-33-39(36-28-16-10-7-11-17-28)31-41(35-24-27(5)6,38-30-20-14-9-15-21-30)32-40(34-23-26(3)4)37-29-18-12-8-13-19-29/h7-21,25-27,31,40-41H,22-24H2,1-6H3. The molecule has 0 heterocycles. The molecule has 0 amide bonds. The van der Waals surface area contributed by atoms with E-state index in [9.17, 15) is 0 Å². The Bertz CT molecular complexity index is 1160. The average molecular weight is 623 g/mol. The summed E-state index contributed by atoms with van der Waals surface area (Å²) in [5.74, 6) is 2.74. The first-order valence-electron chi connectivity index (χ1n) is 14.0. The predicted octanol–water partition coefficient (Wildman–Crippen LogP) is 9.70. The fourth-order valence-corrected chi connectivity index (χ4v) is 10.2. The van der Waals surface area contributed by atoms with E-state index in [-0.39, 0.29) is 17.8 Å². The molecule has 2 unspecified atom stereocenters. The molecule has 3 rings (SSSR count). The summed E-state index contributed by atoms with van der Waals surface area (Å²) in [5, 5.41) is 0. The van der Waals surface area contributed by atoms with Gasteiger partial charge in [0.15, 0.2) is 0 Å². The number of benzene rings is 3. The molecule has 2 atom stereocenters. The molecule has 0 fully saturated rings. The van der Waals surface area contributed by atoms with Crippen molar-refractivity contribution in [2.45, 2.75) is 41.5 Å².